The van der Waals surface area contributed by atoms with Crippen molar-refractivity contribution in [2.45, 2.75) is 17.4 Å². The van der Waals surface area contributed by atoms with E-state index in [1.165, 1.54) is 23.5 Å². The van der Waals surface area contributed by atoms with E-state index < -0.39 is 16.1 Å². The van der Waals surface area contributed by atoms with Gasteiger partial charge in [-0.2, -0.15) is 11.3 Å². The van der Waals surface area contributed by atoms with Crippen molar-refractivity contribution in [3.8, 4) is 0 Å². The maximum Gasteiger partial charge on any atom is 0.240 e. The zero-order valence-electron chi connectivity index (χ0n) is 10.5. The lowest BCUT2D eigenvalue weighted by Crippen LogP contribution is -2.25. The summed E-state index contributed by atoms with van der Waals surface area (Å²) in [7, 11) is -3.59. The van der Waals surface area contributed by atoms with Gasteiger partial charge in [-0.05, 0) is 47.0 Å². The Kier molecular flexibility index (Phi) is 5.17. The second-order valence-corrected chi connectivity index (χ2v) is 7.20. The van der Waals surface area contributed by atoms with Crippen LogP contribution in [0.2, 0.25) is 5.02 Å². The Labute approximate surface area is 127 Å². The van der Waals surface area contributed by atoms with Gasteiger partial charge in [-0.25, -0.2) is 13.1 Å². The minimum absolute atomic E-state index is 0.120. The highest BCUT2D eigenvalue weighted by Gasteiger charge is 2.15. The SMILES string of the molecule is O=S(=O)(NCCC(O)c1ccsc1)c1cccc(Cl)c1. The first-order valence-electron chi connectivity index (χ1n) is 5.94. The third kappa shape index (κ3) is 4.04. The zero-order valence-corrected chi connectivity index (χ0v) is 12.9. The van der Waals surface area contributed by atoms with Crippen LogP contribution in [0.3, 0.4) is 0 Å². The number of sulfonamides is 1. The van der Waals surface area contributed by atoms with Gasteiger partial charge in [0, 0.05) is 11.6 Å². The van der Waals surface area contributed by atoms with Crippen molar-refractivity contribution in [1.29, 1.82) is 0 Å². The minimum Gasteiger partial charge on any atom is -0.388 e. The number of nitrogens with one attached hydrogen (secondary N) is 1. The van der Waals surface area contributed by atoms with E-state index in [0.29, 0.717) is 11.4 Å². The number of thiophene rings is 1. The summed E-state index contributed by atoms with van der Waals surface area (Å²) in [6.07, 6.45) is -0.348. The van der Waals surface area contributed by atoms with E-state index in [4.69, 9.17) is 11.6 Å². The third-order valence-electron chi connectivity index (χ3n) is 2.74. The molecule has 0 amide bonds. The third-order valence-corrected chi connectivity index (χ3v) is 5.14. The zero-order chi connectivity index (χ0) is 14.6. The summed E-state index contributed by atoms with van der Waals surface area (Å²) in [6.45, 7) is 0.159. The van der Waals surface area contributed by atoms with E-state index in [-0.39, 0.29) is 11.4 Å². The molecule has 20 heavy (non-hydrogen) atoms. The number of aliphatic hydroxyl groups excluding tert-OH is 1. The van der Waals surface area contributed by atoms with Crippen LogP contribution in [0.1, 0.15) is 18.1 Å². The summed E-state index contributed by atoms with van der Waals surface area (Å²) in [5, 5.41) is 14.0. The number of hydrogen-bond donors (Lipinski definition) is 2. The monoisotopic (exact) mass is 331 g/mol. The summed E-state index contributed by atoms with van der Waals surface area (Å²) < 4.78 is 26.5. The molecule has 1 atom stereocenters. The van der Waals surface area contributed by atoms with Crippen molar-refractivity contribution in [1.82, 2.24) is 4.72 Å². The van der Waals surface area contributed by atoms with E-state index in [9.17, 15) is 13.5 Å². The van der Waals surface area contributed by atoms with Gasteiger partial charge in [0.1, 0.15) is 0 Å². The summed E-state index contributed by atoms with van der Waals surface area (Å²) in [6, 6.07) is 7.88. The Morgan fingerprint density at radius 2 is 2.15 bits per heavy atom. The fourth-order valence-electron chi connectivity index (χ4n) is 1.68. The molecule has 1 aromatic carbocycles. The molecule has 108 valence electrons. The molecule has 0 bridgehead atoms. The molecule has 0 spiro atoms. The van der Waals surface area contributed by atoms with Gasteiger partial charge in [-0.3, -0.25) is 0 Å². The van der Waals surface area contributed by atoms with Gasteiger partial charge in [0.2, 0.25) is 10.0 Å². The highest BCUT2D eigenvalue weighted by atomic mass is 35.5. The Bertz CT molecular complexity index is 656. The Morgan fingerprint density at radius 1 is 1.35 bits per heavy atom. The molecule has 0 aliphatic rings. The van der Waals surface area contributed by atoms with E-state index >= 15 is 0 Å². The van der Waals surface area contributed by atoms with Crippen LogP contribution in [0.15, 0.2) is 46.0 Å². The Hall–Kier alpha value is -0.920. The Balaban J connectivity index is 1.93. The maximum atomic E-state index is 12.0. The second-order valence-electron chi connectivity index (χ2n) is 4.22. The molecule has 1 unspecified atom stereocenters. The van der Waals surface area contributed by atoms with Crippen molar-refractivity contribution in [3.05, 3.63) is 51.7 Å². The van der Waals surface area contributed by atoms with E-state index in [1.54, 1.807) is 12.1 Å². The van der Waals surface area contributed by atoms with Gasteiger partial charge in [-0.1, -0.05) is 17.7 Å². The van der Waals surface area contributed by atoms with Gasteiger partial charge in [-0.15, -0.1) is 0 Å². The molecule has 0 fully saturated rings. The largest absolute Gasteiger partial charge is 0.388 e. The predicted molar refractivity (Wildman–Crippen MR) is 80.5 cm³/mol. The molecule has 0 aliphatic heterocycles. The normalized spacial score (nSPS) is 13.3. The van der Waals surface area contributed by atoms with Crippen LogP contribution in [-0.2, 0) is 10.0 Å². The second kappa shape index (κ2) is 6.69. The molecule has 7 heteroatoms. The summed E-state index contributed by atoms with van der Waals surface area (Å²) in [5.74, 6) is 0. The molecule has 0 radical (unpaired) electrons. The van der Waals surface area contributed by atoms with Crippen LogP contribution in [-0.4, -0.2) is 20.1 Å². The van der Waals surface area contributed by atoms with E-state index in [1.807, 2.05) is 16.8 Å². The molecule has 4 nitrogen and oxygen atoms in total. The first-order chi connectivity index (χ1) is 9.49. The van der Waals surface area contributed by atoms with Gasteiger partial charge in [0.15, 0.2) is 0 Å². The lowest BCUT2D eigenvalue weighted by molar-refractivity contribution is 0.169. The molecule has 0 saturated carbocycles. The first kappa shape index (κ1) is 15.5. The van der Waals surface area contributed by atoms with Gasteiger partial charge in [0.25, 0.3) is 0 Å². The fraction of sp³-hybridized carbons (Fsp3) is 0.231. The molecule has 0 saturated heterocycles. The molecule has 2 rings (SSSR count). The Morgan fingerprint density at radius 3 is 2.80 bits per heavy atom. The number of rotatable bonds is 6. The van der Waals surface area contributed by atoms with Crippen LogP contribution in [0, 0.1) is 0 Å². The van der Waals surface area contributed by atoms with Crippen LogP contribution >= 0.6 is 22.9 Å². The maximum absolute atomic E-state index is 12.0. The molecule has 2 aromatic rings. The standard InChI is InChI=1S/C13H14ClNO3S2/c14-11-2-1-3-12(8-11)20(17,18)15-6-4-13(16)10-5-7-19-9-10/h1-3,5,7-9,13,15-16H,4,6H2. The molecule has 0 aliphatic carbocycles. The molecular formula is C13H14ClNO3S2. The molecule has 1 aromatic heterocycles. The molecule has 2 N–H and O–H groups in total. The van der Waals surface area contributed by atoms with Gasteiger partial charge < -0.3 is 5.11 Å². The van der Waals surface area contributed by atoms with Crippen LogP contribution in [0.25, 0.3) is 0 Å². The quantitative estimate of drug-likeness (QED) is 0.855. The average Bonchev–Trinajstić information content (AvgIpc) is 2.92. The highest BCUT2D eigenvalue weighted by Crippen LogP contribution is 2.19. The van der Waals surface area contributed by atoms with E-state index in [2.05, 4.69) is 4.72 Å². The van der Waals surface area contributed by atoms with Gasteiger partial charge in [0.05, 0.1) is 11.0 Å². The minimum atomic E-state index is -3.59. The fourth-order valence-corrected chi connectivity index (χ4v) is 3.73. The van der Waals surface area contributed by atoms with Crippen molar-refractivity contribution < 1.29 is 13.5 Å². The van der Waals surface area contributed by atoms with Crippen molar-refractivity contribution in [2.75, 3.05) is 6.54 Å². The first-order valence-corrected chi connectivity index (χ1v) is 8.75. The van der Waals surface area contributed by atoms with Crippen LogP contribution in [0.4, 0.5) is 0 Å². The van der Waals surface area contributed by atoms with E-state index in [0.717, 1.165) is 5.56 Å². The summed E-state index contributed by atoms with van der Waals surface area (Å²) >= 11 is 7.26. The van der Waals surface area contributed by atoms with Crippen molar-refractivity contribution in [3.63, 3.8) is 0 Å². The summed E-state index contributed by atoms with van der Waals surface area (Å²) in [4.78, 5) is 0.120. The van der Waals surface area contributed by atoms with Crippen molar-refractivity contribution in [2.24, 2.45) is 0 Å². The number of hydrogen-bond acceptors (Lipinski definition) is 4. The average molecular weight is 332 g/mol. The molecule has 1 heterocycles. The smallest absolute Gasteiger partial charge is 0.240 e. The van der Waals surface area contributed by atoms with Gasteiger partial charge >= 0.3 is 0 Å². The topological polar surface area (TPSA) is 66.4 Å². The number of halogens is 1. The lowest BCUT2D eigenvalue weighted by atomic mass is 10.1. The predicted octanol–water partition coefficient (Wildman–Crippen LogP) is 2.80. The number of benzene rings is 1. The van der Waals surface area contributed by atoms with Crippen LogP contribution in [0.5, 0.6) is 0 Å². The van der Waals surface area contributed by atoms with Crippen molar-refractivity contribution >= 4 is 33.0 Å². The number of aliphatic hydroxyl groups is 1. The lowest BCUT2D eigenvalue weighted by Gasteiger charge is -2.10. The molecular weight excluding hydrogens is 318 g/mol. The highest BCUT2D eigenvalue weighted by molar-refractivity contribution is 7.89. The summed E-state index contributed by atoms with van der Waals surface area (Å²) in [5.41, 5.74) is 0.803. The van der Waals surface area contributed by atoms with Crippen LogP contribution < -0.4 is 4.72 Å².